The van der Waals surface area contributed by atoms with E-state index < -0.39 is 10.0 Å². The summed E-state index contributed by atoms with van der Waals surface area (Å²) in [5.74, 6) is 0.0517. The van der Waals surface area contributed by atoms with Gasteiger partial charge in [0, 0.05) is 24.7 Å². The predicted molar refractivity (Wildman–Crippen MR) is 93.3 cm³/mol. The van der Waals surface area contributed by atoms with E-state index in [0.717, 1.165) is 0 Å². The second kappa shape index (κ2) is 7.11. The second-order valence-corrected chi connectivity index (χ2v) is 7.30. The number of nitrogens with zero attached hydrogens (tertiary/aromatic N) is 1. The van der Waals surface area contributed by atoms with Crippen LogP contribution in [0.2, 0.25) is 5.02 Å². The Bertz CT molecular complexity index is 866. The molecule has 0 heterocycles. The van der Waals surface area contributed by atoms with Gasteiger partial charge in [-0.05, 0) is 36.4 Å². The molecule has 0 aliphatic rings. The number of rotatable bonds is 5. The van der Waals surface area contributed by atoms with Gasteiger partial charge < -0.3 is 9.64 Å². The molecule has 2 rings (SSSR count). The molecule has 8 heteroatoms. The quantitative estimate of drug-likeness (QED) is 0.880. The molecule has 24 heavy (non-hydrogen) atoms. The first-order valence-electron chi connectivity index (χ1n) is 6.92. The summed E-state index contributed by atoms with van der Waals surface area (Å²) in [6.07, 6.45) is 0. The topological polar surface area (TPSA) is 75.7 Å². The molecule has 0 saturated carbocycles. The van der Waals surface area contributed by atoms with Gasteiger partial charge in [0.05, 0.1) is 17.7 Å². The number of carbonyl (C=O) groups is 1. The number of sulfonamides is 1. The van der Waals surface area contributed by atoms with Gasteiger partial charge in [0.1, 0.15) is 5.75 Å². The summed E-state index contributed by atoms with van der Waals surface area (Å²) in [6, 6.07) is 10.4. The summed E-state index contributed by atoms with van der Waals surface area (Å²) in [4.78, 5) is 13.3. The molecule has 0 radical (unpaired) electrons. The summed E-state index contributed by atoms with van der Waals surface area (Å²) >= 11 is 5.91. The van der Waals surface area contributed by atoms with Gasteiger partial charge in [0.15, 0.2) is 0 Å². The van der Waals surface area contributed by atoms with Crippen molar-refractivity contribution in [3.05, 3.63) is 53.1 Å². The molecule has 2 aromatic rings. The van der Waals surface area contributed by atoms with Crippen molar-refractivity contribution in [3.8, 4) is 5.75 Å². The molecular formula is C16H17ClN2O4S. The molecule has 6 nitrogen and oxygen atoms in total. The molecule has 0 aromatic heterocycles. The highest BCUT2D eigenvalue weighted by molar-refractivity contribution is 7.92. The molecule has 0 aliphatic carbocycles. The average Bonchev–Trinajstić information content (AvgIpc) is 2.54. The Labute approximate surface area is 146 Å². The number of carbonyl (C=O) groups excluding carboxylic acids is 1. The molecule has 1 amide bonds. The number of hydrogen-bond donors (Lipinski definition) is 1. The molecule has 0 fully saturated rings. The molecular weight excluding hydrogens is 352 g/mol. The Morgan fingerprint density at radius 3 is 2.50 bits per heavy atom. The molecule has 128 valence electrons. The first-order valence-corrected chi connectivity index (χ1v) is 8.79. The lowest BCUT2D eigenvalue weighted by atomic mass is 10.2. The van der Waals surface area contributed by atoms with Crippen LogP contribution < -0.4 is 9.46 Å². The summed E-state index contributed by atoms with van der Waals surface area (Å²) in [6.45, 7) is 0. The Balaban J connectivity index is 2.40. The SMILES string of the molecule is COc1ccc(Cl)cc1NS(=O)(=O)c1cccc(C(=O)N(C)C)c1. The summed E-state index contributed by atoms with van der Waals surface area (Å²) < 4.78 is 32.7. The molecule has 0 aliphatic heterocycles. The maximum Gasteiger partial charge on any atom is 0.262 e. The van der Waals surface area contributed by atoms with E-state index in [1.54, 1.807) is 32.3 Å². The second-order valence-electron chi connectivity index (χ2n) is 5.18. The molecule has 0 bridgehead atoms. The highest BCUT2D eigenvalue weighted by atomic mass is 35.5. The van der Waals surface area contributed by atoms with E-state index in [0.29, 0.717) is 10.8 Å². The highest BCUT2D eigenvalue weighted by Crippen LogP contribution is 2.29. The van der Waals surface area contributed by atoms with Crippen LogP contribution in [-0.4, -0.2) is 40.4 Å². The number of halogens is 1. The summed E-state index contributed by atoms with van der Waals surface area (Å²) in [5.41, 5.74) is 0.496. The van der Waals surface area contributed by atoms with Crippen molar-refractivity contribution >= 4 is 33.2 Å². The van der Waals surface area contributed by atoms with Crippen LogP contribution in [0, 0.1) is 0 Å². The summed E-state index contributed by atoms with van der Waals surface area (Å²) in [5, 5.41) is 0.366. The zero-order valence-electron chi connectivity index (χ0n) is 13.4. The minimum absolute atomic E-state index is 0.0303. The van der Waals surface area contributed by atoms with Gasteiger partial charge in [-0.15, -0.1) is 0 Å². The maximum atomic E-state index is 12.6. The Hall–Kier alpha value is -2.25. The fourth-order valence-corrected chi connectivity index (χ4v) is 3.30. The lowest BCUT2D eigenvalue weighted by molar-refractivity contribution is 0.0827. The Morgan fingerprint density at radius 2 is 1.88 bits per heavy atom. The largest absolute Gasteiger partial charge is 0.495 e. The zero-order chi connectivity index (χ0) is 17.9. The van der Waals surface area contributed by atoms with E-state index in [4.69, 9.17) is 16.3 Å². The van der Waals surface area contributed by atoms with Crippen molar-refractivity contribution in [1.82, 2.24) is 4.90 Å². The van der Waals surface area contributed by atoms with Crippen LogP contribution in [0.5, 0.6) is 5.75 Å². The third-order valence-electron chi connectivity index (χ3n) is 3.20. The van der Waals surface area contributed by atoms with E-state index in [1.807, 2.05) is 0 Å². The van der Waals surface area contributed by atoms with Gasteiger partial charge in [-0.3, -0.25) is 9.52 Å². The number of anilines is 1. The van der Waals surface area contributed by atoms with Crippen molar-refractivity contribution in [3.63, 3.8) is 0 Å². The number of hydrogen-bond acceptors (Lipinski definition) is 4. The standard InChI is InChI=1S/C16H17ClN2O4S/c1-19(2)16(20)11-5-4-6-13(9-11)24(21,22)18-14-10-12(17)7-8-15(14)23-3/h4-10,18H,1-3H3. The van der Waals surface area contributed by atoms with Crippen LogP contribution in [-0.2, 0) is 10.0 Å². The molecule has 0 spiro atoms. The third kappa shape index (κ3) is 3.98. The zero-order valence-corrected chi connectivity index (χ0v) is 15.0. The number of benzene rings is 2. The van der Waals surface area contributed by atoms with E-state index in [-0.39, 0.29) is 22.1 Å². The molecule has 0 saturated heterocycles. The minimum Gasteiger partial charge on any atom is -0.495 e. The van der Waals surface area contributed by atoms with Gasteiger partial charge >= 0.3 is 0 Å². The van der Waals surface area contributed by atoms with Gasteiger partial charge in [-0.2, -0.15) is 0 Å². The smallest absolute Gasteiger partial charge is 0.262 e. The van der Waals surface area contributed by atoms with Crippen molar-refractivity contribution in [2.45, 2.75) is 4.90 Å². The van der Waals surface area contributed by atoms with Gasteiger partial charge in [-0.25, -0.2) is 8.42 Å². The third-order valence-corrected chi connectivity index (χ3v) is 4.80. The number of amides is 1. The van der Waals surface area contributed by atoms with E-state index in [2.05, 4.69) is 4.72 Å². The van der Waals surface area contributed by atoms with Crippen LogP contribution in [0.15, 0.2) is 47.4 Å². The number of nitrogens with one attached hydrogen (secondary N) is 1. The molecule has 2 aromatic carbocycles. The monoisotopic (exact) mass is 368 g/mol. The number of ether oxygens (including phenoxy) is 1. The predicted octanol–water partition coefficient (Wildman–Crippen LogP) is 2.85. The normalized spacial score (nSPS) is 11.0. The van der Waals surface area contributed by atoms with E-state index >= 15 is 0 Å². The lowest BCUT2D eigenvalue weighted by Crippen LogP contribution is -2.22. The van der Waals surface area contributed by atoms with Crippen molar-refractivity contribution in [2.75, 3.05) is 25.9 Å². The van der Waals surface area contributed by atoms with E-state index in [1.165, 1.54) is 36.3 Å². The highest BCUT2D eigenvalue weighted by Gasteiger charge is 2.19. The van der Waals surface area contributed by atoms with Crippen molar-refractivity contribution in [2.24, 2.45) is 0 Å². The van der Waals surface area contributed by atoms with Crippen LogP contribution in [0.1, 0.15) is 10.4 Å². The van der Waals surface area contributed by atoms with E-state index in [9.17, 15) is 13.2 Å². The summed E-state index contributed by atoms with van der Waals surface area (Å²) in [7, 11) is 0.716. The Kier molecular flexibility index (Phi) is 5.36. The van der Waals surface area contributed by atoms with Crippen LogP contribution in [0.3, 0.4) is 0 Å². The average molecular weight is 369 g/mol. The van der Waals surface area contributed by atoms with Crippen molar-refractivity contribution < 1.29 is 17.9 Å². The van der Waals surface area contributed by atoms with Gasteiger partial charge in [0.2, 0.25) is 0 Å². The minimum atomic E-state index is -3.90. The maximum absolute atomic E-state index is 12.6. The fourth-order valence-electron chi connectivity index (χ4n) is 2.02. The molecule has 0 unspecified atom stereocenters. The number of methoxy groups -OCH3 is 1. The Morgan fingerprint density at radius 1 is 1.17 bits per heavy atom. The van der Waals surface area contributed by atoms with Crippen LogP contribution in [0.25, 0.3) is 0 Å². The van der Waals surface area contributed by atoms with Crippen LogP contribution >= 0.6 is 11.6 Å². The first-order chi connectivity index (χ1) is 11.2. The lowest BCUT2D eigenvalue weighted by Gasteiger charge is -2.14. The van der Waals surface area contributed by atoms with Crippen LogP contribution in [0.4, 0.5) is 5.69 Å². The molecule has 1 N–H and O–H groups in total. The van der Waals surface area contributed by atoms with Gasteiger partial charge in [-0.1, -0.05) is 17.7 Å². The first kappa shape index (κ1) is 18.1. The fraction of sp³-hybridized carbons (Fsp3) is 0.188. The molecule has 0 atom stereocenters. The van der Waals surface area contributed by atoms with Gasteiger partial charge in [0.25, 0.3) is 15.9 Å². The van der Waals surface area contributed by atoms with Crippen molar-refractivity contribution in [1.29, 1.82) is 0 Å².